The van der Waals surface area contributed by atoms with E-state index in [-0.39, 0.29) is 11.9 Å². The van der Waals surface area contributed by atoms with Gasteiger partial charge in [0.05, 0.1) is 6.10 Å². The second-order valence-corrected chi connectivity index (χ2v) is 7.75. The summed E-state index contributed by atoms with van der Waals surface area (Å²) in [5.41, 5.74) is 1.47. The molecule has 1 aliphatic heterocycles. The van der Waals surface area contributed by atoms with Crippen LogP contribution in [-0.2, 0) is 15.1 Å². The zero-order valence-electron chi connectivity index (χ0n) is 16.9. The minimum absolute atomic E-state index is 0.149. The number of aliphatic hydroxyl groups excluding tert-OH is 1. The summed E-state index contributed by atoms with van der Waals surface area (Å²) in [7, 11) is 0. The van der Waals surface area contributed by atoms with E-state index in [2.05, 4.69) is 24.0 Å². The standard InChI is InChI=1S/C24H31NO3/c1-3-23(27)28-24(21-12-8-5-9-13-21)15-17-25(18-19(24)2)16-14-22(26)20-10-6-4-7-11-20/h4-13,19,22,26H,3,14-18H2,1-2H3/t19-,22-,24+/m0/s1. The number of piperidine rings is 1. The van der Waals surface area contributed by atoms with Crippen LogP contribution in [0, 0.1) is 5.92 Å². The number of nitrogens with zero attached hydrogens (tertiary/aromatic N) is 1. The van der Waals surface area contributed by atoms with Crippen molar-refractivity contribution in [2.24, 2.45) is 5.92 Å². The Hall–Kier alpha value is -2.17. The van der Waals surface area contributed by atoms with Crippen LogP contribution in [0.4, 0.5) is 0 Å². The molecule has 3 rings (SSSR count). The zero-order chi connectivity index (χ0) is 20.0. The van der Waals surface area contributed by atoms with Gasteiger partial charge in [0.1, 0.15) is 5.60 Å². The molecule has 150 valence electrons. The van der Waals surface area contributed by atoms with Gasteiger partial charge in [-0.3, -0.25) is 4.79 Å². The van der Waals surface area contributed by atoms with Crippen molar-refractivity contribution in [2.45, 2.75) is 44.8 Å². The number of carbonyl (C=O) groups is 1. The highest BCUT2D eigenvalue weighted by atomic mass is 16.6. The summed E-state index contributed by atoms with van der Waals surface area (Å²) in [4.78, 5) is 14.6. The van der Waals surface area contributed by atoms with E-state index in [0.29, 0.717) is 12.8 Å². The van der Waals surface area contributed by atoms with Gasteiger partial charge >= 0.3 is 5.97 Å². The Morgan fingerprint density at radius 2 is 1.82 bits per heavy atom. The molecular weight excluding hydrogens is 350 g/mol. The van der Waals surface area contributed by atoms with Crippen LogP contribution in [0.2, 0.25) is 0 Å². The van der Waals surface area contributed by atoms with E-state index in [1.807, 2.05) is 55.5 Å². The summed E-state index contributed by atoms with van der Waals surface area (Å²) in [6.07, 6.45) is 1.40. The molecule has 2 aromatic rings. The number of likely N-dealkylation sites (tertiary alicyclic amines) is 1. The van der Waals surface area contributed by atoms with Crippen LogP contribution in [0.3, 0.4) is 0 Å². The second-order valence-electron chi connectivity index (χ2n) is 7.75. The lowest BCUT2D eigenvalue weighted by Crippen LogP contribution is -2.51. The Morgan fingerprint density at radius 1 is 1.18 bits per heavy atom. The number of aliphatic hydroxyl groups is 1. The van der Waals surface area contributed by atoms with E-state index in [9.17, 15) is 9.90 Å². The van der Waals surface area contributed by atoms with Crippen molar-refractivity contribution in [1.29, 1.82) is 0 Å². The highest BCUT2D eigenvalue weighted by molar-refractivity contribution is 5.69. The van der Waals surface area contributed by atoms with Gasteiger partial charge in [0.25, 0.3) is 0 Å². The van der Waals surface area contributed by atoms with Gasteiger partial charge in [0.15, 0.2) is 0 Å². The number of hydrogen-bond donors (Lipinski definition) is 1. The highest BCUT2D eigenvalue weighted by Crippen LogP contribution is 2.41. The zero-order valence-corrected chi connectivity index (χ0v) is 16.9. The molecule has 0 aromatic heterocycles. The van der Waals surface area contributed by atoms with Crippen molar-refractivity contribution in [3.05, 3.63) is 71.8 Å². The van der Waals surface area contributed by atoms with Gasteiger partial charge in [0.2, 0.25) is 0 Å². The molecule has 1 N–H and O–H groups in total. The summed E-state index contributed by atoms with van der Waals surface area (Å²) in [5.74, 6) is 0.0247. The average molecular weight is 382 g/mol. The summed E-state index contributed by atoms with van der Waals surface area (Å²) in [6, 6.07) is 19.9. The number of esters is 1. The number of benzene rings is 2. The number of rotatable bonds is 7. The Balaban J connectivity index is 1.67. The first kappa shape index (κ1) is 20.6. The van der Waals surface area contributed by atoms with Crippen LogP contribution in [0.5, 0.6) is 0 Å². The normalized spacial score (nSPS) is 23.9. The van der Waals surface area contributed by atoms with E-state index in [1.54, 1.807) is 0 Å². The first-order chi connectivity index (χ1) is 13.5. The topological polar surface area (TPSA) is 49.8 Å². The van der Waals surface area contributed by atoms with Gasteiger partial charge in [0, 0.05) is 38.4 Å². The van der Waals surface area contributed by atoms with Crippen molar-refractivity contribution in [3.8, 4) is 0 Å². The fourth-order valence-electron chi connectivity index (χ4n) is 4.18. The van der Waals surface area contributed by atoms with Gasteiger partial charge in [-0.25, -0.2) is 0 Å². The van der Waals surface area contributed by atoms with Crippen LogP contribution in [0.1, 0.15) is 50.3 Å². The largest absolute Gasteiger partial charge is 0.454 e. The maximum Gasteiger partial charge on any atom is 0.306 e. The summed E-state index contributed by atoms with van der Waals surface area (Å²) >= 11 is 0. The van der Waals surface area contributed by atoms with Gasteiger partial charge in [-0.05, 0) is 17.5 Å². The van der Waals surface area contributed by atoms with Gasteiger partial charge in [-0.1, -0.05) is 74.5 Å². The minimum Gasteiger partial charge on any atom is -0.454 e. The van der Waals surface area contributed by atoms with Crippen molar-refractivity contribution in [3.63, 3.8) is 0 Å². The summed E-state index contributed by atoms with van der Waals surface area (Å²) in [6.45, 7) is 6.51. The highest BCUT2D eigenvalue weighted by Gasteiger charge is 2.45. The number of ether oxygens (including phenoxy) is 1. The first-order valence-corrected chi connectivity index (χ1v) is 10.3. The fourth-order valence-corrected chi connectivity index (χ4v) is 4.18. The molecule has 1 fully saturated rings. The lowest BCUT2D eigenvalue weighted by Gasteiger charge is -2.46. The minimum atomic E-state index is -0.567. The molecule has 1 heterocycles. The molecular formula is C24H31NO3. The second kappa shape index (κ2) is 9.35. The monoisotopic (exact) mass is 381 g/mol. The summed E-state index contributed by atoms with van der Waals surface area (Å²) in [5, 5.41) is 10.5. The van der Waals surface area contributed by atoms with Crippen LogP contribution in [0.25, 0.3) is 0 Å². The fraction of sp³-hybridized carbons (Fsp3) is 0.458. The Morgan fingerprint density at radius 3 is 2.43 bits per heavy atom. The molecule has 2 aromatic carbocycles. The first-order valence-electron chi connectivity index (χ1n) is 10.3. The average Bonchev–Trinajstić information content (AvgIpc) is 2.75. The lowest BCUT2D eigenvalue weighted by molar-refractivity contribution is -0.175. The summed E-state index contributed by atoms with van der Waals surface area (Å²) < 4.78 is 6.05. The van der Waals surface area contributed by atoms with Crippen molar-refractivity contribution in [2.75, 3.05) is 19.6 Å². The van der Waals surface area contributed by atoms with Gasteiger partial charge in [-0.15, -0.1) is 0 Å². The third kappa shape index (κ3) is 4.62. The molecule has 3 atom stereocenters. The van der Waals surface area contributed by atoms with E-state index in [1.165, 1.54) is 0 Å². The molecule has 1 saturated heterocycles. The SMILES string of the molecule is CCC(=O)O[C@]1(c2ccccc2)CCN(CC[C@H](O)c2ccccc2)C[C@@H]1C. The Bertz CT molecular complexity index is 749. The quantitative estimate of drug-likeness (QED) is 0.727. The molecule has 0 saturated carbocycles. The molecule has 28 heavy (non-hydrogen) atoms. The van der Waals surface area contributed by atoms with Gasteiger partial charge < -0.3 is 14.7 Å². The smallest absolute Gasteiger partial charge is 0.306 e. The van der Waals surface area contributed by atoms with Gasteiger partial charge in [-0.2, -0.15) is 0 Å². The van der Waals surface area contributed by atoms with E-state index in [4.69, 9.17) is 4.74 Å². The molecule has 0 unspecified atom stereocenters. The predicted octanol–water partition coefficient (Wildman–Crippen LogP) is 4.30. The Kier molecular flexibility index (Phi) is 6.87. The molecule has 4 heteroatoms. The number of carbonyl (C=O) groups excluding carboxylic acids is 1. The lowest BCUT2D eigenvalue weighted by atomic mass is 9.76. The maximum atomic E-state index is 12.2. The molecule has 0 bridgehead atoms. The van der Waals surface area contributed by atoms with Crippen molar-refractivity contribution in [1.82, 2.24) is 4.90 Å². The van der Waals surface area contributed by atoms with Crippen molar-refractivity contribution < 1.29 is 14.6 Å². The molecule has 0 spiro atoms. The molecule has 4 nitrogen and oxygen atoms in total. The molecule has 0 aliphatic carbocycles. The Labute approximate surface area is 168 Å². The van der Waals surface area contributed by atoms with E-state index < -0.39 is 11.7 Å². The third-order valence-corrected chi connectivity index (χ3v) is 5.88. The van der Waals surface area contributed by atoms with E-state index >= 15 is 0 Å². The molecule has 1 aliphatic rings. The molecule has 0 radical (unpaired) electrons. The van der Waals surface area contributed by atoms with Crippen LogP contribution in [-0.4, -0.2) is 35.6 Å². The van der Waals surface area contributed by atoms with Crippen LogP contribution in [0.15, 0.2) is 60.7 Å². The predicted molar refractivity (Wildman–Crippen MR) is 111 cm³/mol. The van der Waals surface area contributed by atoms with Crippen LogP contribution < -0.4 is 0 Å². The third-order valence-electron chi connectivity index (χ3n) is 5.88. The van der Waals surface area contributed by atoms with Crippen molar-refractivity contribution >= 4 is 5.97 Å². The van der Waals surface area contributed by atoms with E-state index in [0.717, 1.165) is 37.2 Å². The molecule has 0 amide bonds. The maximum absolute atomic E-state index is 12.2. The number of hydrogen-bond acceptors (Lipinski definition) is 4. The van der Waals surface area contributed by atoms with Crippen LogP contribution >= 0.6 is 0 Å².